The second-order valence-corrected chi connectivity index (χ2v) is 5.49. The minimum Gasteiger partial charge on any atom is -0.388 e. The zero-order valence-electron chi connectivity index (χ0n) is 12.5. The number of nitrogens with two attached hydrogens (primary N) is 1. The molecule has 0 saturated heterocycles. The molecule has 1 atom stereocenters. The summed E-state index contributed by atoms with van der Waals surface area (Å²) in [6.45, 7) is 0.765. The van der Waals surface area contributed by atoms with E-state index in [2.05, 4.69) is 4.98 Å². The van der Waals surface area contributed by atoms with Crippen LogP contribution in [-0.4, -0.2) is 33.3 Å². The maximum Gasteiger partial charge on any atom is 0.268 e. The number of pyridine rings is 1. The Morgan fingerprint density at radius 3 is 2.78 bits per heavy atom. The standard InChI is InChI=1S/C17H17N3O3/c18-16(22)15-13(6-3-8-19-15)17(23)20-9-7-14(21)12-5-2-1-4-11(12)10-20/h1-6,8,14,21H,7,9-10H2,(H2,18,22). The van der Waals surface area contributed by atoms with Crippen LogP contribution in [0.5, 0.6) is 0 Å². The molecule has 1 aliphatic heterocycles. The van der Waals surface area contributed by atoms with E-state index >= 15 is 0 Å². The molecule has 0 saturated carbocycles. The van der Waals surface area contributed by atoms with Crippen molar-refractivity contribution < 1.29 is 14.7 Å². The van der Waals surface area contributed by atoms with E-state index in [1.807, 2.05) is 24.3 Å². The predicted molar refractivity (Wildman–Crippen MR) is 83.5 cm³/mol. The number of nitrogens with zero attached hydrogens (tertiary/aromatic N) is 2. The van der Waals surface area contributed by atoms with Crippen LogP contribution < -0.4 is 5.73 Å². The molecule has 6 heteroatoms. The lowest BCUT2D eigenvalue weighted by atomic mass is 10.0. The normalized spacial score (nSPS) is 17.3. The fourth-order valence-electron chi connectivity index (χ4n) is 2.84. The van der Waals surface area contributed by atoms with Gasteiger partial charge in [-0.3, -0.25) is 14.6 Å². The summed E-state index contributed by atoms with van der Waals surface area (Å²) < 4.78 is 0. The average Bonchev–Trinajstić information content (AvgIpc) is 2.74. The molecule has 1 aliphatic rings. The number of fused-ring (bicyclic) bond motifs is 1. The van der Waals surface area contributed by atoms with Gasteiger partial charge in [0.05, 0.1) is 11.7 Å². The number of hydrogen-bond acceptors (Lipinski definition) is 4. The van der Waals surface area contributed by atoms with Crippen molar-refractivity contribution in [3.05, 3.63) is 65.0 Å². The molecule has 1 aromatic heterocycles. The summed E-state index contributed by atoms with van der Waals surface area (Å²) >= 11 is 0. The van der Waals surface area contributed by atoms with Crippen molar-refractivity contribution in [3.63, 3.8) is 0 Å². The quantitative estimate of drug-likeness (QED) is 0.872. The van der Waals surface area contributed by atoms with E-state index in [-0.39, 0.29) is 17.2 Å². The van der Waals surface area contributed by atoms with Crippen LogP contribution in [-0.2, 0) is 6.54 Å². The molecule has 2 aromatic rings. The minimum absolute atomic E-state index is 0.0319. The highest BCUT2D eigenvalue weighted by Crippen LogP contribution is 2.27. The molecule has 1 unspecified atom stereocenters. The van der Waals surface area contributed by atoms with Gasteiger partial charge in [0.1, 0.15) is 5.69 Å². The maximum absolute atomic E-state index is 12.8. The van der Waals surface area contributed by atoms with Crippen molar-refractivity contribution in [2.75, 3.05) is 6.54 Å². The Balaban J connectivity index is 1.94. The molecular formula is C17H17N3O3. The van der Waals surface area contributed by atoms with Gasteiger partial charge in [-0.2, -0.15) is 0 Å². The second kappa shape index (κ2) is 6.18. The highest BCUT2D eigenvalue weighted by atomic mass is 16.3. The second-order valence-electron chi connectivity index (χ2n) is 5.49. The van der Waals surface area contributed by atoms with Crippen molar-refractivity contribution in [2.24, 2.45) is 5.73 Å². The molecule has 0 bridgehead atoms. The van der Waals surface area contributed by atoms with Crippen LogP contribution >= 0.6 is 0 Å². The van der Waals surface area contributed by atoms with Crippen molar-refractivity contribution in [3.8, 4) is 0 Å². The number of carbonyl (C=O) groups excluding carboxylic acids is 2. The summed E-state index contributed by atoms with van der Waals surface area (Å²) in [6.07, 6.45) is 1.27. The number of rotatable bonds is 2. The van der Waals surface area contributed by atoms with Gasteiger partial charge < -0.3 is 15.7 Å². The summed E-state index contributed by atoms with van der Waals surface area (Å²) in [4.78, 5) is 29.8. The number of amides is 2. The molecule has 3 N–H and O–H groups in total. The monoisotopic (exact) mass is 311 g/mol. The lowest BCUT2D eigenvalue weighted by Gasteiger charge is -2.21. The number of carbonyl (C=O) groups is 2. The van der Waals surface area contributed by atoms with Crippen molar-refractivity contribution in [2.45, 2.75) is 19.1 Å². The molecule has 23 heavy (non-hydrogen) atoms. The van der Waals surface area contributed by atoms with Gasteiger partial charge in [-0.25, -0.2) is 0 Å². The summed E-state index contributed by atoms with van der Waals surface area (Å²) in [5, 5.41) is 10.2. The average molecular weight is 311 g/mol. The number of benzene rings is 1. The van der Waals surface area contributed by atoms with Crippen LogP contribution in [0.3, 0.4) is 0 Å². The molecule has 0 spiro atoms. The molecule has 0 fully saturated rings. The molecule has 2 heterocycles. The van der Waals surface area contributed by atoms with Crippen LogP contribution in [0.4, 0.5) is 0 Å². The molecule has 6 nitrogen and oxygen atoms in total. The van der Waals surface area contributed by atoms with Crippen LogP contribution in [0.2, 0.25) is 0 Å². The minimum atomic E-state index is -0.732. The maximum atomic E-state index is 12.8. The van der Waals surface area contributed by atoms with Crippen LogP contribution in [0.1, 0.15) is 44.5 Å². The Labute approximate surface area is 133 Å². The number of aliphatic hydroxyl groups is 1. The van der Waals surface area contributed by atoms with E-state index in [0.717, 1.165) is 11.1 Å². The van der Waals surface area contributed by atoms with Gasteiger partial charge in [0.2, 0.25) is 0 Å². The van der Waals surface area contributed by atoms with Gasteiger partial charge in [0.25, 0.3) is 11.8 Å². The Kier molecular flexibility index (Phi) is 4.08. The number of aliphatic hydroxyl groups excluding tert-OH is 1. The van der Waals surface area contributed by atoms with E-state index in [1.165, 1.54) is 6.20 Å². The molecule has 2 amide bonds. The zero-order chi connectivity index (χ0) is 16.4. The van der Waals surface area contributed by atoms with Crippen molar-refractivity contribution in [1.82, 2.24) is 9.88 Å². The molecule has 118 valence electrons. The molecule has 0 radical (unpaired) electrons. The van der Waals surface area contributed by atoms with Crippen molar-refractivity contribution in [1.29, 1.82) is 0 Å². The fourth-order valence-corrected chi connectivity index (χ4v) is 2.84. The third-order valence-corrected chi connectivity index (χ3v) is 4.01. The first-order chi connectivity index (χ1) is 11.1. The van der Waals surface area contributed by atoms with Crippen LogP contribution in [0, 0.1) is 0 Å². The molecule has 0 aliphatic carbocycles. The Morgan fingerprint density at radius 1 is 1.22 bits per heavy atom. The van der Waals surface area contributed by atoms with E-state index < -0.39 is 12.0 Å². The molecule has 3 rings (SSSR count). The zero-order valence-corrected chi connectivity index (χ0v) is 12.5. The van der Waals surface area contributed by atoms with Gasteiger partial charge in [-0.15, -0.1) is 0 Å². The predicted octanol–water partition coefficient (Wildman–Crippen LogP) is 1.26. The first kappa shape index (κ1) is 15.2. The summed E-state index contributed by atoms with van der Waals surface area (Å²) in [5.74, 6) is -1.04. The highest BCUT2D eigenvalue weighted by molar-refractivity contribution is 6.05. The first-order valence-corrected chi connectivity index (χ1v) is 7.38. The lowest BCUT2D eigenvalue weighted by molar-refractivity contribution is 0.0717. The summed E-state index contributed by atoms with van der Waals surface area (Å²) in [7, 11) is 0. The van der Waals surface area contributed by atoms with E-state index in [1.54, 1.807) is 17.0 Å². The topological polar surface area (TPSA) is 96.5 Å². The number of primary amides is 1. The Bertz CT molecular complexity index is 760. The number of hydrogen-bond donors (Lipinski definition) is 2. The number of aromatic nitrogens is 1. The largest absolute Gasteiger partial charge is 0.388 e. The van der Waals surface area contributed by atoms with Crippen molar-refractivity contribution >= 4 is 11.8 Å². The smallest absolute Gasteiger partial charge is 0.268 e. The van der Waals surface area contributed by atoms with Gasteiger partial charge >= 0.3 is 0 Å². The fraction of sp³-hybridized carbons (Fsp3) is 0.235. The summed E-state index contributed by atoms with van der Waals surface area (Å²) in [5.41, 5.74) is 7.19. The van der Waals surface area contributed by atoms with Gasteiger partial charge in [0.15, 0.2) is 0 Å². The third kappa shape index (κ3) is 2.93. The SMILES string of the molecule is NC(=O)c1ncccc1C(=O)N1CCC(O)c2ccccc2C1. The van der Waals surface area contributed by atoms with Gasteiger partial charge in [0, 0.05) is 19.3 Å². The van der Waals surface area contributed by atoms with E-state index in [9.17, 15) is 14.7 Å². The van der Waals surface area contributed by atoms with Crippen LogP contribution in [0.15, 0.2) is 42.6 Å². The lowest BCUT2D eigenvalue weighted by Crippen LogP contribution is -2.33. The Morgan fingerprint density at radius 2 is 2.00 bits per heavy atom. The molecule has 1 aromatic carbocycles. The highest BCUT2D eigenvalue weighted by Gasteiger charge is 2.26. The first-order valence-electron chi connectivity index (χ1n) is 7.38. The Hall–Kier alpha value is -2.73. The van der Waals surface area contributed by atoms with E-state index in [0.29, 0.717) is 19.5 Å². The van der Waals surface area contributed by atoms with Gasteiger partial charge in [-0.05, 0) is 29.7 Å². The summed E-state index contributed by atoms with van der Waals surface area (Å²) in [6, 6.07) is 10.6. The third-order valence-electron chi connectivity index (χ3n) is 4.01. The molecular weight excluding hydrogens is 294 g/mol. The van der Waals surface area contributed by atoms with E-state index in [4.69, 9.17) is 5.73 Å². The van der Waals surface area contributed by atoms with Crippen LogP contribution in [0.25, 0.3) is 0 Å². The van der Waals surface area contributed by atoms with Gasteiger partial charge in [-0.1, -0.05) is 24.3 Å².